The van der Waals surface area contributed by atoms with Gasteiger partial charge >= 0.3 is 12.3 Å². The molecule has 0 aromatic carbocycles. The molecule has 0 rings (SSSR count). The van der Waals surface area contributed by atoms with Crippen LogP contribution >= 0.6 is 0 Å². The van der Waals surface area contributed by atoms with Gasteiger partial charge in [0, 0.05) is 12.6 Å². The summed E-state index contributed by atoms with van der Waals surface area (Å²) in [6, 6.07) is -0.257. The summed E-state index contributed by atoms with van der Waals surface area (Å²) in [5, 5.41) is 4.38. The lowest BCUT2D eigenvalue weighted by Crippen LogP contribution is -2.48. The molecule has 0 radical (unpaired) electrons. The van der Waals surface area contributed by atoms with E-state index in [4.69, 9.17) is 0 Å². The molecule has 1 unspecified atom stereocenters. The molecule has 0 fully saturated rings. The van der Waals surface area contributed by atoms with Crippen molar-refractivity contribution in [3.63, 3.8) is 0 Å². The summed E-state index contributed by atoms with van der Waals surface area (Å²) >= 11 is 0. The highest BCUT2D eigenvalue weighted by Gasteiger charge is 2.48. The molecule has 0 saturated heterocycles. The molecule has 0 aliphatic rings. The lowest BCUT2D eigenvalue weighted by Gasteiger charge is -2.16. The maximum absolute atomic E-state index is 12.3. The van der Waals surface area contributed by atoms with Crippen LogP contribution in [0.1, 0.15) is 6.92 Å². The van der Waals surface area contributed by atoms with Gasteiger partial charge in [0.1, 0.15) is 0 Å². The first kappa shape index (κ1) is 13.2. The third kappa shape index (κ3) is 3.49. The molecule has 7 heteroatoms. The van der Waals surface area contributed by atoms with E-state index in [9.17, 15) is 22.4 Å². The average Bonchev–Trinajstić information content (AvgIpc) is 2.12. The van der Waals surface area contributed by atoms with Gasteiger partial charge in [-0.1, -0.05) is 0 Å². The van der Waals surface area contributed by atoms with Crippen molar-refractivity contribution in [2.24, 2.45) is 0 Å². The summed E-state index contributed by atoms with van der Waals surface area (Å²) in [7, 11) is 1.56. The fourth-order valence-electron chi connectivity index (χ4n) is 0.565. The van der Waals surface area contributed by atoms with Crippen molar-refractivity contribution in [3.05, 3.63) is 0 Å². The first-order valence-electron chi connectivity index (χ1n) is 3.94. The molecule has 0 bridgehead atoms. The smallest absolute Gasteiger partial charge is 0.349 e. The summed E-state index contributed by atoms with van der Waals surface area (Å²) < 4.78 is 47.9. The number of carbonyl (C=O) groups is 1. The van der Waals surface area contributed by atoms with Crippen LogP contribution in [0.2, 0.25) is 0 Å². The Kier molecular flexibility index (Phi) is 4.82. The van der Waals surface area contributed by atoms with Crippen LogP contribution in [-0.2, 0) is 4.79 Å². The van der Waals surface area contributed by atoms with Gasteiger partial charge in [0.05, 0.1) is 0 Å². The first-order chi connectivity index (χ1) is 6.32. The first-order valence-corrected chi connectivity index (χ1v) is 3.94. The topological polar surface area (TPSA) is 41.1 Å². The van der Waals surface area contributed by atoms with E-state index in [1.165, 1.54) is 0 Å². The molecule has 2 N–H and O–H groups in total. The van der Waals surface area contributed by atoms with Crippen molar-refractivity contribution in [3.8, 4) is 0 Å². The van der Waals surface area contributed by atoms with Crippen molar-refractivity contribution in [1.82, 2.24) is 10.6 Å². The Hall–Kier alpha value is -0.850. The van der Waals surface area contributed by atoms with Gasteiger partial charge in [-0.3, -0.25) is 4.79 Å². The number of likely N-dealkylation sites (N-methyl/N-ethyl adjacent to an activating group) is 1. The Morgan fingerprint density at radius 2 is 1.93 bits per heavy atom. The molecular weight excluding hydrogens is 204 g/mol. The van der Waals surface area contributed by atoms with Crippen LogP contribution in [0.25, 0.3) is 0 Å². The van der Waals surface area contributed by atoms with E-state index in [1.807, 2.05) is 0 Å². The molecule has 0 aromatic rings. The van der Waals surface area contributed by atoms with Gasteiger partial charge in [0.2, 0.25) is 0 Å². The van der Waals surface area contributed by atoms with Crippen LogP contribution in [0.15, 0.2) is 0 Å². The van der Waals surface area contributed by atoms with Gasteiger partial charge < -0.3 is 10.6 Å². The highest BCUT2D eigenvalue weighted by atomic mass is 19.3. The lowest BCUT2D eigenvalue weighted by molar-refractivity contribution is -0.169. The summed E-state index contributed by atoms with van der Waals surface area (Å²) in [6.45, 7) is 1.48. The minimum Gasteiger partial charge on any atom is -0.349 e. The van der Waals surface area contributed by atoms with Crippen LogP contribution in [0, 0.1) is 0 Å². The fraction of sp³-hybridized carbons (Fsp3) is 0.857. The number of rotatable bonds is 5. The average molecular weight is 216 g/mol. The molecule has 0 saturated carbocycles. The number of alkyl halides is 4. The predicted octanol–water partition coefficient (Wildman–Crippen LogP) is 0.611. The molecule has 0 heterocycles. The van der Waals surface area contributed by atoms with E-state index in [0.717, 1.165) is 0 Å². The van der Waals surface area contributed by atoms with E-state index in [1.54, 1.807) is 19.3 Å². The molecule has 0 spiro atoms. The third-order valence-corrected chi connectivity index (χ3v) is 1.64. The molecule has 0 aromatic heterocycles. The summed E-state index contributed by atoms with van der Waals surface area (Å²) in [4.78, 5) is 10.6. The molecule has 0 aliphatic heterocycles. The van der Waals surface area contributed by atoms with Crippen molar-refractivity contribution >= 4 is 5.91 Å². The molecule has 14 heavy (non-hydrogen) atoms. The van der Waals surface area contributed by atoms with Crippen molar-refractivity contribution in [2.45, 2.75) is 25.3 Å². The van der Waals surface area contributed by atoms with Crippen LogP contribution in [-0.4, -0.2) is 37.9 Å². The monoisotopic (exact) mass is 216 g/mol. The van der Waals surface area contributed by atoms with Crippen LogP contribution in [0.5, 0.6) is 0 Å². The molecule has 1 atom stereocenters. The van der Waals surface area contributed by atoms with Crippen molar-refractivity contribution in [1.29, 1.82) is 0 Å². The highest BCUT2D eigenvalue weighted by molar-refractivity contribution is 5.83. The predicted molar refractivity (Wildman–Crippen MR) is 42.5 cm³/mol. The van der Waals surface area contributed by atoms with Gasteiger partial charge in [-0.05, 0) is 14.0 Å². The Labute approximate surface area is 78.9 Å². The number of hydrogen-bond donors (Lipinski definition) is 2. The molecule has 1 amide bonds. The zero-order valence-corrected chi connectivity index (χ0v) is 7.78. The van der Waals surface area contributed by atoms with E-state index >= 15 is 0 Å². The SMILES string of the molecule is CNC(C)CNC(=O)C(F)(F)C(F)F. The lowest BCUT2D eigenvalue weighted by atomic mass is 10.3. The Bertz CT molecular complexity index is 198. The second kappa shape index (κ2) is 5.14. The van der Waals surface area contributed by atoms with Crippen LogP contribution in [0.3, 0.4) is 0 Å². The van der Waals surface area contributed by atoms with Crippen LogP contribution in [0.4, 0.5) is 17.6 Å². The Morgan fingerprint density at radius 3 is 2.29 bits per heavy atom. The number of nitrogens with one attached hydrogen (secondary N) is 2. The minimum atomic E-state index is -4.62. The Balaban J connectivity index is 4.08. The number of carbonyl (C=O) groups excluding carboxylic acids is 1. The molecule has 0 aliphatic carbocycles. The molecule has 84 valence electrons. The number of hydrogen-bond acceptors (Lipinski definition) is 2. The number of amides is 1. The van der Waals surface area contributed by atoms with E-state index in [-0.39, 0.29) is 12.6 Å². The van der Waals surface area contributed by atoms with E-state index in [0.29, 0.717) is 0 Å². The summed E-state index contributed by atoms with van der Waals surface area (Å²) in [6.07, 6.45) is -3.98. The van der Waals surface area contributed by atoms with Gasteiger partial charge in [-0.25, -0.2) is 8.78 Å². The molecular formula is C7H12F4N2O. The van der Waals surface area contributed by atoms with Crippen molar-refractivity contribution in [2.75, 3.05) is 13.6 Å². The maximum Gasteiger partial charge on any atom is 0.383 e. The second-order valence-corrected chi connectivity index (χ2v) is 2.82. The third-order valence-electron chi connectivity index (χ3n) is 1.64. The highest BCUT2D eigenvalue weighted by Crippen LogP contribution is 2.22. The summed E-state index contributed by atoms with van der Waals surface area (Å²) in [5.41, 5.74) is 0. The van der Waals surface area contributed by atoms with Gasteiger partial charge in [-0.15, -0.1) is 0 Å². The standard InChI is InChI=1S/C7H12F4N2O/c1-4(12-2)3-13-6(14)7(10,11)5(8)9/h4-5,12H,3H2,1-2H3,(H,13,14). The summed E-state index contributed by atoms with van der Waals surface area (Å²) in [5.74, 6) is -6.57. The van der Waals surface area contributed by atoms with E-state index < -0.39 is 18.3 Å². The zero-order chi connectivity index (χ0) is 11.4. The molecule has 3 nitrogen and oxygen atoms in total. The maximum atomic E-state index is 12.3. The number of halogens is 4. The normalized spacial score (nSPS) is 14.2. The van der Waals surface area contributed by atoms with Gasteiger partial charge in [0.15, 0.2) is 0 Å². The van der Waals surface area contributed by atoms with Crippen molar-refractivity contribution < 1.29 is 22.4 Å². The van der Waals surface area contributed by atoms with E-state index in [2.05, 4.69) is 5.32 Å². The fourth-order valence-corrected chi connectivity index (χ4v) is 0.565. The van der Waals surface area contributed by atoms with Gasteiger partial charge in [0.25, 0.3) is 5.91 Å². The Morgan fingerprint density at radius 1 is 1.43 bits per heavy atom. The quantitative estimate of drug-likeness (QED) is 0.661. The minimum absolute atomic E-state index is 0.127. The zero-order valence-electron chi connectivity index (χ0n) is 7.78. The van der Waals surface area contributed by atoms with Gasteiger partial charge in [-0.2, -0.15) is 8.78 Å². The van der Waals surface area contributed by atoms with Crippen LogP contribution < -0.4 is 10.6 Å². The largest absolute Gasteiger partial charge is 0.383 e. The second-order valence-electron chi connectivity index (χ2n) is 2.82.